The molecule has 5 rings (SSSR count). The van der Waals surface area contributed by atoms with E-state index < -0.39 is 5.41 Å². The van der Waals surface area contributed by atoms with Crippen molar-refractivity contribution < 1.29 is 4.79 Å². The number of H-pyrrole nitrogens is 1. The summed E-state index contributed by atoms with van der Waals surface area (Å²) in [5, 5.41) is 18.4. The highest BCUT2D eigenvalue weighted by atomic mass is 16.2. The molecule has 154 valence electrons. The van der Waals surface area contributed by atoms with Crippen LogP contribution in [0.5, 0.6) is 0 Å². The van der Waals surface area contributed by atoms with E-state index in [9.17, 15) is 14.9 Å². The summed E-state index contributed by atoms with van der Waals surface area (Å²) >= 11 is 0. The van der Waals surface area contributed by atoms with E-state index >= 15 is 0 Å². The lowest BCUT2D eigenvalue weighted by Gasteiger charge is -2.37. The summed E-state index contributed by atoms with van der Waals surface area (Å²) in [4.78, 5) is 29.6. The summed E-state index contributed by atoms with van der Waals surface area (Å²) < 4.78 is 2.84. The molecular weight excluding hydrogens is 394 g/mol. The van der Waals surface area contributed by atoms with Crippen molar-refractivity contribution >= 4 is 11.4 Å². The molecule has 0 bridgehead atoms. The van der Waals surface area contributed by atoms with Crippen LogP contribution >= 0.6 is 0 Å². The van der Waals surface area contributed by atoms with Crippen LogP contribution in [0.4, 0.5) is 0 Å². The number of fused-ring (bicyclic) bond motifs is 1. The molecule has 0 aliphatic carbocycles. The second kappa shape index (κ2) is 7.25. The predicted molar refractivity (Wildman–Crippen MR) is 112 cm³/mol. The van der Waals surface area contributed by atoms with Crippen LogP contribution in [0, 0.1) is 11.3 Å². The first-order chi connectivity index (χ1) is 15.1. The molecule has 3 aromatic heterocycles. The molecule has 1 saturated heterocycles. The smallest absolute Gasteiger partial charge is 0.276 e. The molecule has 1 amide bonds. The fraction of sp³-hybridized carbons (Fsp3) is 0.227. The van der Waals surface area contributed by atoms with E-state index in [2.05, 4.69) is 21.3 Å². The van der Waals surface area contributed by atoms with Crippen molar-refractivity contribution in [2.24, 2.45) is 0 Å². The maximum absolute atomic E-state index is 13.0. The minimum atomic E-state index is -0.572. The Hall–Kier alpha value is -4.19. The largest absolute Gasteiger partial charge is 0.338 e. The van der Waals surface area contributed by atoms with Crippen molar-refractivity contribution in [2.75, 3.05) is 13.1 Å². The zero-order valence-corrected chi connectivity index (χ0v) is 16.6. The van der Waals surface area contributed by atoms with Crippen molar-refractivity contribution in [3.8, 4) is 12.0 Å². The van der Waals surface area contributed by atoms with Gasteiger partial charge in [-0.25, -0.2) is 9.20 Å². The highest BCUT2D eigenvalue weighted by Gasteiger charge is 2.38. The van der Waals surface area contributed by atoms with Crippen LogP contribution in [0.25, 0.3) is 11.5 Å². The van der Waals surface area contributed by atoms with Gasteiger partial charge in [-0.3, -0.25) is 14.6 Å². The summed E-state index contributed by atoms with van der Waals surface area (Å²) in [6.07, 6.45) is 5.84. The van der Waals surface area contributed by atoms with Crippen LogP contribution in [-0.4, -0.2) is 48.3 Å². The molecule has 1 aliphatic heterocycles. The number of nitrogens with one attached hydrogen (secondary N) is 1. The van der Waals surface area contributed by atoms with Crippen LogP contribution in [0.2, 0.25) is 0 Å². The minimum absolute atomic E-state index is 0.157. The molecule has 0 spiro atoms. The molecule has 0 saturated carbocycles. The molecule has 1 aliphatic rings. The second-order valence-corrected chi connectivity index (χ2v) is 7.64. The van der Waals surface area contributed by atoms with Crippen LogP contribution in [0.1, 0.15) is 28.8 Å². The molecule has 0 unspecified atom stereocenters. The number of piperidine rings is 1. The van der Waals surface area contributed by atoms with E-state index in [1.807, 2.05) is 30.3 Å². The standard InChI is InChI=1S/C22H19N7O2/c23-15-22(17-5-2-1-3-6-17)8-11-27(12-9-22)20(31)16-13-24-29(14-16)21-25-19(30)18-7-4-10-28(18)26-21/h1-7,10,13-14H,8-9,11-12H2,(H,25,26,30). The maximum Gasteiger partial charge on any atom is 0.276 e. The number of likely N-dealkylation sites (tertiary alicyclic amines) is 1. The normalized spacial score (nSPS) is 15.6. The van der Waals surface area contributed by atoms with Gasteiger partial charge in [0.25, 0.3) is 11.5 Å². The lowest BCUT2D eigenvalue weighted by Crippen LogP contribution is -2.44. The van der Waals surface area contributed by atoms with Gasteiger partial charge >= 0.3 is 0 Å². The number of rotatable bonds is 3. The number of aromatic amines is 1. The summed E-state index contributed by atoms with van der Waals surface area (Å²) in [7, 11) is 0. The predicted octanol–water partition coefficient (Wildman–Crippen LogP) is 1.91. The molecule has 0 radical (unpaired) electrons. The third-order valence-electron chi connectivity index (χ3n) is 5.88. The number of hydrogen-bond acceptors (Lipinski definition) is 5. The number of carbonyl (C=O) groups excluding carboxylic acids is 1. The third-order valence-corrected chi connectivity index (χ3v) is 5.88. The molecule has 31 heavy (non-hydrogen) atoms. The van der Waals surface area contributed by atoms with E-state index in [0.717, 1.165) is 5.56 Å². The van der Waals surface area contributed by atoms with E-state index in [4.69, 9.17) is 0 Å². The lowest BCUT2D eigenvalue weighted by molar-refractivity contribution is 0.0692. The summed E-state index contributed by atoms with van der Waals surface area (Å²) in [5.41, 5.74) is 0.966. The Bertz CT molecular complexity index is 1350. The number of benzene rings is 1. The Balaban J connectivity index is 1.34. The Morgan fingerprint density at radius 1 is 1.13 bits per heavy atom. The first-order valence-electron chi connectivity index (χ1n) is 9.98. The molecule has 4 aromatic rings. The fourth-order valence-electron chi connectivity index (χ4n) is 4.08. The number of amides is 1. The van der Waals surface area contributed by atoms with Gasteiger partial charge in [0, 0.05) is 25.5 Å². The van der Waals surface area contributed by atoms with Crippen LogP contribution < -0.4 is 5.56 Å². The average Bonchev–Trinajstić information content (AvgIpc) is 3.49. The topological polar surface area (TPSA) is 112 Å². The van der Waals surface area contributed by atoms with Gasteiger partial charge in [-0.15, -0.1) is 5.10 Å². The maximum atomic E-state index is 13.0. The highest BCUT2D eigenvalue weighted by molar-refractivity contribution is 5.93. The first-order valence-corrected chi connectivity index (χ1v) is 9.98. The Morgan fingerprint density at radius 3 is 2.65 bits per heavy atom. The molecule has 1 fully saturated rings. The van der Waals surface area contributed by atoms with Crippen molar-refractivity contribution in [1.29, 1.82) is 5.26 Å². The average molecular weight is 413 g/mol. The van der Waals surface area contributed by atoms with Crippen LogP contribution in [-0.2, 0) is 5.41 Å². The number of aromatic nitrogens is 5. The van der Waals surface area contributed by atoms with Crippen molar-refractivity contribution in [2.45, 2.75) is 18.3 Å². The zero-order valence-electron chi connectivity index (χ0n) is 16.6. The third kappa shape index (κ3) is 3.18. The molecule has 1 N–H and O–H groups in total. The minimum Gasteiger partial charge on any atom is -0.338 e. The second-order valence-electron chi connectivity index (χ2n) is 7.64. The molecule has 0 atom stereocenters. The monoisotopic (exact) mass is 413 g/mol. The van der Waals surface area contributed by atoms with E-state index in [0.29, 0.717) is 37.0 Å². The number of hydrogen-bond donors (Lipinski definition) is 1. The van der Waals surface area contributed by atoms with Gasteiger partial charge in [0.2, 0.25) is 5.95 Å². The number of nitrogens with zero attached hydrogens (tertiary/aromatic N) is 6. The van der Waals surface area contributed by atoms with Gasteiger partial charge in [0.05, 0.1) is 23.2 Å². The molecule has 9 nitrogen and oxygen atoms in total. The molecule has 1 aromatic carbocycles. The van der Waals surface area contributed by atoms with Gasteiger partial charge in [-0.2, -0.15) is 10.4 Å². The SMILES string of the molecule is N#CC1(c2ccccc2)CCN(C(=O)c2cnn(-c3nn4cccc4c(=O)[nH]3)c2)CC1. The van der Waals surface area contributed by atoms with E-state index in [-0.39, 0.29) is 17.4 Å². The van der Waals surface area contributed by atoms with Crippen molar-refractivity contribution in [3.63, 3.8) is 0 Å². The fourth-order valence-corrected chi connectivity index (χ4v) is 4.08. The van der Waals surface area contributed by atoms with Crippen LogP contribution in [0.15, 0.2) is 65.8 Å². The van der Waals surface area contributed by atoms with Crippen LogP contribution in [0.3, 0.4) is 0 Å². The Labute approximate surface area is 177 Å². The quantitative estimate of drug-likeness (QED) is 0.551. The van der Waals surface area contributed by atoms with E-state index in [1.165, 1.54) is 15.4 Å². The Kier molecular flexibility index (Phi) is 4.40. The van der Waals surface area contributed by atoms with Gasteiger partial charge < -0.3 is 4.90 Å². The zero-order chi connectivity index (χ0) is 21.4. The molecular formula is C22H19N7O2. The summed E-state index contributed by atoms with van der Waals surface area (Å²) in [6, 6.07) is 15.6. The van der Waals surface area contributed by atoms with Gasteiger partial charge in [-0.1, -0.05) is 30.3 Å². The van der Waals surface area contributed by atoms with Gasteiger partial charge in [-0.05, 0) is 30.5 Å². The summed E-state index contributed by atoms with van der Waals surface area (Å²) in [6.45, 7) is 0.966. The lowest BCUT2D eigenvalue weighted by atomic mass is 9.74. The highest BCUT2D eigenvalue weighted by Crippen LogP contribution is 2.35. The molecule has 4 heterocycles. The van der Waals surface area contributed by atoms with E-state index in [1.54, 1.807) is 29.4 Å². The number of carbonyl (C=O) groups is 1. The van der Waals surface area contributed by atoms with Crippen molar-refractivity contribution in [3.05, 3.63) is 82.5 Å². The van der Waals surface area contributed by atoms with Crippen molar-refractivity contribution in [1.82, 2.24) is 29.3 Å². The van der Waals surface area contributed by atoms with Gasteiger partial charge in [0.1, 0.15) is 5.52 Å². The number of nitriles is 1. The first kappa shape index (κ1) is 18.8. The summed E-state index contributed by atoms with van der Waals surface area (Å²) in [5.74, 6) is 0.0641. The Morgan fingerprint density at radius 2 is 1.90 bits per heavy atom. The molecule has 9 heteroatoms. The van der Waals surface area contributed by atoms with Gasteiger partial charge in [0.15, 0.2) is 0 Å².